The Bertz CT molecular complexity index is 489. The Kier molecular flexibility index (Phi) is 3.25. The van der Waals surface area contributed by atoms with Crippen molar-refractivity contribution in [2.24, 2.45) is 28.9 Å². The maximum absolute atomic E-state index is 6.65. The first-order valence-electron chi connectivity index (χ1n) is 8.59. The van der Waals surface area contributed by atoms with E-state index in [0.717, 1.165) is 23.5 Å². The van der Waals surface area contributed by atoms with Crippen LogP contribution in [0.1, 0.15) is 44.1 Å². The molecule has 0 heterocycles. The van der Waals surface area contributed by atoms with Crippen molar-refractivity contribution in [3.63, 3.8) is 0 Å². The minimum Gasteiger partial charge on any atom is -0.492 e. The van der Waals surface area contributed by atoms with E-state index in [1.807, 2.05) is 6.07 Å². The van der Waals surface area contributed by atoms with E-state index >= 15 is 0 Å². The van der Waals surface area contributed by atoms with Gasteiger partial charge in [0.2, 0.25) is 0 Å². The van der Waals surface area contributed by atoms with Crippen molar-refractivity contribution >= 4 is 0 Å². The molecule has 1 unspecified atom stereocenters. The SMILES string of the molecule is Cc1ccccc1OCC(N)C12CC3CC(CC(C3)C1)C2. The van der Waals surface area contributed by atoms with E-state index in [1.165, 1.54) is 44.1 Å². The Balaban J connectivity index is 1.45. The van der Waals surface area contributed by atoms with Crippen LogP contribution in [0.3, 0.4) is 0 Å². The smallest absolute Gasteiger partial charge is 0.122 e. The summed E-state index contributed by atoms with van der Waals surface area (Å²) in [5.74, 6) is 3.87. The normalized spacial score (nSPS) is 38.5. The van der Waals surface area contributed by atoms with E-state index in [-0.39, 0.29) is 6.04 Å². The molecule has 5 rings (SSSR count). The largest absolute Gasteiger partial charge is 0.492 e. The third kappa shape index (κ3) is 2.38. The Labute approximate surface area is 128 Å². The van der Waals surface area contributed by atoms with Crippen molar-refractivity contribution in [1.82, 2.24) is 0 Å². The van der Waals surface area contributed by atoms with Crippen molar-refractivity contribution in [3.05, 3.63) is 29.8 Å². The summed E-state index contributed by atoms with van der Waals surface area (Å²) in [7, 11) is 0. The van der Waals surface area contributed by atoms with Crippen molar-refractivity contribution in [2.45, 2.75) is 51.5 Å². The summed E-state index contributed by atoms with van der Waals surface area (Å²) >= 11 is 0. The molecule has 1 aromatic carbocycles. The van der Waals surface area contributed by atoms with E-state index in [4.69, 9.17) is 10.5 Å². The fourth-order valence-corrected chi connectivity index (χ4v) is 5.71. The predicted molar refractivity (Wildman–Crippen MR) is 85.3 cm³/mol. The standard InChI is InChI=1S/C19H27NO/c1-13-4-2-3-5-17(13)21-12-18(20)19-9-14-6-15(10-19)8-16(7-14)11-19/h2-5,14-16,18H,6-12,20H2,1H3. The van der Waals surface area contributed by atoms with Gasteiger partial charge in [-0.2, -0.15) is 0 Å². The molecule has 0 aliphatic heterocycles. The van der Waals surface area contributed by atoms with Crippen LogP contribution < -0.4 is 10.5 Å². The fraction of sp³-hybridized carbons (Fsp3) is 0.684. The molecule has 4 bridgehead atoms. The number of hydrogen-bond acceptors (Lipinski definition) is 2. The maximum atomic E-state index is 6.65. The summed E-state index contributed by atoms with van der Waals surface area (Å²) in [6, 6.07) is 8.46. The maximum Gasteiger partial charge on any atom is 0.122 e. The summed E-state index contributed by atoms with van der Waals surface area (Å²) in [4.78, 5) is 0. The lowest BCUT2D eigenvalue weighted by Crippen LogP contribution is -2.56. The Morgan fingerprint density at radius 1 is 1.10 bits per heavy atom. The number of ether oxygens (including phenoxy) is 1. The molecule has 21 heavy (non-hydrogen) atoms. The van der Waals surface area contributed by atoms with Gasteiger partial charge < -0.3 is 10.5 Å². The molecule has 0 radical (unpaired) electrons. The van der Waals surface area contributed by atoms with Crippen LogP contribution in [0.15, 0.2) is 24.3 Å². The van der Waals surface area contributed by atoms with Gasteiger partial charge in [-0.3, -0.25) is 0 Å². The van der Waals surface area contributed by atoms with Crippen molar-refractivity contribution < 1.29 is 4.74 Å². The van der Waals surface area contributed by atoms with Crippen LogP contribution in [0, 0.1) is 30.1 Å². The molecule has 4 aliphatic rings. The van der Waals surface area contributed by atoms with Gasteiger partial charge in [0.05, 0.1) is 0 Å². The highest BCUT2D eigenvalue weighted by atomic mass is 16.5. The van der Waals surface area contributed by atoms with E-state index in [0.29, 0.717) is 12.0 Å². The highest BCUT2D eigenvalue weighted by Gasteiger charge is 2.53. The van der Waals surface area contributed by atoms with Crippen LogP contribution in [0.25, 0.3) is 0 Å². The van der Waals surface area contributed by atoms with Crippen molar-refractivity contribution in [1.29, 1.82) is 0 Å². The zero-order valence-electron chi connectivity index (χ0n) is 13.1. The molecule has 4 fully saturated rings. The molecule has 1 atom stereocenters. The Morgan fingerprint density at radius 3 is 2.24 bits per heavy atom. The monoisotopic (exact) mass is 285 g/mol. The summed E-state index contributed by atoms with van der Waals surface area (Å²) in [6.07, 6.45) is 8.51. The molecule has 2 N–H and O–H groups in total. The highest BCUT2D eigenvalue weighted by Crippen LogP contribution is 2.60. The first-order chi connectivity index (χ1) is 10.1. The lowest BCUT2D eigenvalue weighted by atomic mass is 9.48. The minimum absolute atomic E-state index is 0.200. The third-order valence-electron chi connectivity index (χ3n) is 6.38. The lowest BCUT2D eigenvalue weighted by molar-refractivity contribution is -0.0731. The molecule has 4 aliphatic carbocycles. The van der Waals surface area contributed by atoms with Crippen molar-refractivity contribution in [2.75, 3.05) is 6.61 Å². The summed E-state index contributed by atoms with van der Waals surface area (Å²) in [6.45, 7) is 2.78. The highest BCUT2D eigenvalue weighted by molar-refractivity contribution is 5.31. The zero-order valence-corrected chi connectivity index (χ0v) is 13.1. The number of aryl methyl sites for hydroxylation is 1. The molecule has 0 aromatic heterocycles. The van der Waals surface area contributed by atoms with E-state index in [9.17, 15) is 0 Å². The molecule has 1 aromatic rings. The Morgan fingerprint density at radius 2 is 1.67 bits per heavy atom. The average molecular weight is 285 g/mol. The van der Waals surface area contributed by atoms with Gasteiger partial charge in [0.25, 0.3) is 0 Å². The Hall–Kier alpha value is -1.02. The third-order valence-corrected chi connectivity index (χ3v) is 6.38. The summed E-state index contributed by atoms with van der Waals surface area (Å²) in [5, 5.41) is 0. The number of nitrogens with two attached hydrogens (primary N) is 1. The van der Waals surface area contributed by atoms with Crippen LogP contribution >= 0.6 is 0 Å². The van der Waals surface area contributed by atoms with Gasteiger partial charge in [0.1, 0.15) is 12.4 Å². The molecule has 0 saturated heterocycles. The second kappa shape index (κ2) is 5.01. The predicted octanol–water partition coefficient (Wildman–Crippen LogP) is 3.92. The van der Waals surface area contributed by atoms with Gasteiger partial charge in [-0.05, 0) is 80.2 Å². The topological polar surface area (TPSA) is 35.2 Å². The fourth-order valence-electron chi connectivity index (χ4n) is 5.71. The van der Waals surface area contributed by atoms with Gasteiger partial charge >= 0.3 is 0 Å². The number of para-hydroxylation sites is 1. The molecule has 114 valence electrons. The van der Waals surface area contributed by atoms with Crippen LogP contribution in [0.5, 0.6) is 5.75 Å². The second-order valence-electron chi connectivity index (χ2n) is 7.96. The summed E-state index contributed by atoms with van der Waals surface area (Å²) in [5.41, 5.74) is 8.24. The molecule has 0 spiro atoms. The van der Waals surface area contributed by atoms with Crippen LogP contribution in [0.4, 0.5) is 0 Å². The van der Waals surface area contributed by atoms with E-state index in [1.54, 1.807) is 0 Å². The van der Waals surface area contributed by atoms with Crippen LogP contribution in [-0.4, -0.2) is 12.6 Å². The lowest BCUT2D eigenvalue weighted by Gasteiger charge is -2.58. The number of benzene rings is 1. The quantitative estimate of drug-likeness (QED) is 0.910. The minimum atomic E-state index is 0.200. The molecular formula is C19H27NO. The van der Waals surface area contributed by atoms with Crippen molar-refractivity contribution in [3.8, 4) is 5.75 Å². The molecule has 4 saturated carbocycles. The summed E-state index contributed by atoms with van der Waals surface area (Å²) < 4.78 is 6.06. The average Bonchev–Trinajstić information content (AvgIpc) is 2.44. The second-order valence-corrected chi connectivity index (χ2v) is 7.96. The number of rotatable bonds is 4. The van der Waals surface area contributed by atoms with Gasteiger partial charge in [-0.15, -0.1) is 0 Å². The molecule has 2 nitrogen and oxygen atoms in total. The number of hydrogen-bond donors (Lipinski definition) is 1. The van der Waals surface area contributed by atoms with Crippen LogP contribution in [-0.2, 0) is 0 Å². The van der Waals surface area contributed by atoms with Crippen LogP contribution in [0.2, 0.25) is 0 Å². The molecule has 0 amide bonds. The van der Waals surface area contributed by atoms with Gasteiger partial charge in [0.15, 0.2) is 0 Å². The zero-order chi connectivity index (χ0) is 14.4. The van der Waals surface area contributed by atoms with E-state index < -0.39 is 0 Å². The van der Waals surface area contributed by atoms with Gasteiger partial charge in [-0.25, -0.2) is 0 Å². The first-order valence-corrected chi connectivity index (χ1v) is 8.59. The first kappa shape index (κ1) is 13.6. The molecule has 2 heteroatoms. The van der Waals surface area contributed by atoms with Gasteiger partial charge in [0, 0.05) is 6.04 Å². The van der Waals surface area contributed by atoms with Gasteiger partial charge in [-0.1, -0.05) is 18.2 Å². The molecular weight excluding hydrogens is 258 g/mol. The van der Waals surface area contributed by atoms with E-state index in [2.05, 4.69) is 25.1 Å².